The summed E-state index contributed by atoms with van der Waals surface area (Å²) in [5.74, 6) is 0. The quantitative estimate of drug-likeness (QED) is 0.723. The van der Waals surface area contributed by atoms with Gasteiger partial charge in [0, 0.05) is 28.9 Å². The van der Waals surface area contributed by atoms with Gasteiger partial charge in [0.05, 0.1) is 13.2 Å². The van der Waals surface area contributed by atoms with E-state index in [2.05, 4.69) is 53.4 Å². The zero-order valence-electron chi connectivity index (χ0n) is 14.4. The topological polar surface area (TPSA) is 12.5 Å². The van der Waals surface area contributed by atoms with Crippen LogP contribution in [0.15, 0.2) is 58.3 Å². The molecule has 1 aliphatic carbocycles. The minimum Gasteiger partial charge on any atom is -0.379 e. The molecule has 2 heterocycles. The van der Waals surface area contributed by atoms with Crippen LogP contribution in [0, 0.1) is 0 Å². The van der Waals surface area contributed by atoms with E-state index in [1.54, 1.807) is 11.1 Å². The number of hydrogen-bond donors (Lipinski definition) is 0. The van der Waals surface area contributed by atoms with Crippen molar-refractivity contribution in [3.05, 3.63) is 59.7 Å². The molecule has 1 unspecified atom stereocenters. The molecule has 2 aromatic rings. The summed E-state index contributed by atoms with van der Waals surface area (Å²) in [5, 5.41) is 0. The van der Waals surface area contributed by atoms with E-state index in [0.29, 0.717) is 6.04 Å². The number of nitrogens with zero attached hydrogens (tertiary/aromatic N) is 1. The van der Waals surface area contributed by atoms with Gasteiger partial charge in [-0.25, -0.2) is 0 Å². The van der Waals surface area contributed by atoms with Crippen LogP contribution >= 0.6 is 11.8 Å². The van der Waals surface area contributed by atoms with E-state index in [9.17, 15) is 0 Å². The van der Waals surface area contributed by atoms with Crippen LogP contribution in [0.1, 0.15) is 30.4 Å². The van der Waals surface area contributed by atoms with Crippen LogP contribution in [0.2, 0.25) is 0 Å². The first-order valence-corrected chi connectivity index (χ1v) is 10.1. The van der Waals surface area contributed by atoms with Gasteiger partial charge in [0.2, 0.25) is 0 Å². The molecule has 1 fully saturated rings. The van der Waals surface area contributed by atoms with Gasteiger partial charge in [0.15, 0.2) is 0 Å². The van der Waals surface area contributed by atoms with Crippen LogP contribution < -0.4 is 0 Å². The van der Waals surface area contributed by atoms with Crippen LogP contribution in [0.5, 0.6) is 0 Å². The maximum absolute atomic E-state index is 5.56. The van der Waals surface area contributed by atoms with E-state index >= 15 is 0 Å². The molecule has 0 amide bonds. The molecule has 0 N–H and O–H groups in total. The minimum absolute atomic E-state index is 0.658. The normalized spacial score (nSPS) is 23.4. The van der Waals surface area contributed by atoms with Gasteiger partial charge in [-0.2, -0.15) is 0 Å². The second-order valence-corrected chi connectivity index (χ2v) is 8.18. The number of allylic oxidation sites excluding steroid dienone is 1. The van der Waals surface area contributed by atoms with Crippen molar-refractivity contribution in [2.75, 3.05) is 26.3 Å². The molecule has 3 heteroatoms. The van der Waals surface area contributed by atoms with Gasteiger partial charge in [-0.3, -0.25) is 4.90 Å². The molecular formula is C22H23NOS. The van der Waals surface area contributed by atoms with Gasteiger partial charge in [-0.05, 0) is 53.7 Å². The van der Waals surface area contributed by atoms with Gasteiger partial charge >= 0.3 is 0 Å². The zero-order valence-corrected chi connectivity index (χ0v) is 15.2. The maximum Gasteiger partial charge on any atom is 0.0594 e. The molecule has 0 saturated carbocycles. The van der Waals surface area contributed by atoms with Gasteiger partial charge < -0.3 is 4.74 Å². The van der Waals surface area contributed by atoms with Crippen LogP contribution in [-0.2, 0) is 4.74 Å². The Labute approximate surface area is 153 Å². The fraction of sp³-hybridized carbons (Fsp3) is 0.364. The first-order chi connectivity index (χ1) is 12.4. The van der Waals surface area contributed by atoms with Gasteiger partial charge in [-0.1, -0.05) is 48.2 Å². The highest BCUT2D eigenvalue weighted by Crippen LogP contribution is 2.49. The summed E-state index contributed by atoms with van der Waals surface area (Å²) >= 11 is 1.93. The number of ether oxygens (including phenoxy) is 1. The Balaban J connectivity index is 1.59. The predicted molar refractivity (Wildman–Crippen MR) is 104 cm³/mol. The Morgan fingerprint density at radius 1 is 0.840 bits per heavy atom. The summed E-state index contributed by atoms with van der Waals surface area (Å²) < 4.78 is 5.56. The number of morpholine rings is 1. The first kappa shape index (κ1) is 15.7. The summed E-state index contributed by atoms with van der Waals surface area (Å²) in [5.41, 5.74) is 6.07. The monoisotopic (exact) mass is 349 g/mol. The Morgan fingerprint density at radius 3 is 2.20 bits per heavy atom. The fourth-order valence-electron chi connectivity index (χ4n) is 4.48. The Morgan fingerprint density at radius 2 is 1.48 bits per heavy atom. The number of fused-ring (bicyclic) bond motifs is 4. The third-order valence-electron chi connectivity index (χ3n) is 5.74. The van der Waals surface area contributed by atoms with E-state index in [4.69, 9.17) is 4.74 Å². The minimum atomic E-state index is 0.658. The molecule has 128 valence electrons. The average Bonchev–Trinajstić information content (AvgIpc) is 2.83. The summed E-state index contributed by atoms with van der Waals surface area (Å²) in [6.07, 6.45) is 3.62. The third-order valence-corrected chi connectivity index (χ3v) is 6.89. The molecule has 5 rings (SSSR count). The lowest BCUT2D eigenvalue weighted by atomic mass is 9.81. The van der Waals surface area contributed by atoms with Crippen molar-refractivity contribution >= 4 is 22.9 Å². The standard InChI is InChI=1S/C22H23NOS/c1-3-7-21-18(5-1)17-10-9-16(23-11-13-24-14-12-23)15-20(17)19-6-2-4-8-22(19)25-21/h1-8,16H,9-15H2. The van der Waals surface area contributed by atoms with Crippen molar-refractivity contribution in [3.63, 3.8) is 0 Å². The highest BCUT2D eigenvalue weighted by Gasteiger charge is 2.31. The molecule has 1 saturated heterocycles. The molecular weight excluding hydrogens is 326 g/mol. The molecule has 2 aliphatic heterocycles. The summed E-state index contributed by atoms with van der Waals surface area (Å²) in [6, 6.07) is 18.6. The van der Waals surface area contributed by atoms with Crippen LogP contribution in [-0.4, -0.2) is 37.2 Å². The average molecular weight is 349 g/mol. The number of hydrogen-bond acceptors (Lipinski definition) is 3. The molecule has 0 aromatic heterocycles. The molecule has 0 spiro atoms. The van der Waals surface area contributed by atoms with Crippen molar-refractivity contribution in [3.8, 4) is 0 Å². The summed E-state index contributed by atoms with van der Waals surface area (Å²) in [6.45, 7) is 3.94. The van der Waals surface area contributed by atoms with Gasteiger partial charge in [0.25, 0.3) is 0 Å². The molecule has 2 aromatic carbocycles. The fourth-order valence-corrected chi connectivity index (χ4v) is 5.61. The van der Waals surface area contributed by atoms with E-state index < -0.39 is 0 Å². The highest BCUT2D eigenvalue weighted by molar-refractivity contribution is 7.99. The molecule has 25 heavy (non-hydrogen) atoms. The largest absolute Gasteiger partial charge is 0.379 e. The molecule has 2 nitrogen and oxygen atoms in total. The number of benzene rings is 2. The summed E-state index contributed by atoms with van der Waals surface area (Å²) in [7, 11) is 0. The second kappa shape index (κ2) is 6.64. The third kappa shape index (κ3) is 2.84. The Hall–Kier alpha value is -1.55. The molecule has 0 radical (unpaired) electrons. The van der Waals surface area contributed by atoms with Crippen LogP contribution in [0.4, 0.5) is 0 Å². The Bertz CT molecular complexity index is 822. The van der Waals surface area contributed by atoms with Crippen molar-refractivity contribution in [1.29, 1.82) is 0 Å². The lowest BCUT2D eigenvalue weighted by Gasteiger charge is -2.38. The van der Waals surface area contributed by atoms with Gasteiger partial charge in [0.1, 0.15) is 0 Å². The van der Waals surface area contributed by atoms with Crippen molar-refractivity contribution in [2.45, 2.75) is 35.1 Å². The SMILES string of the molecule is c1ccc2c(c1)Sc1ccccc1C1=C2CCC(N2CCOCC2)C1. The van der Waals surface area contributed by atoms with E-state index in [1.807, 2.05) is 11.8 Å². The second-order valence-electron chi connectivity index (χ2n) is 7.10. The first-order valence-electron chi connectivity index (χ1n) is 9.30. The van der Waals surface area contributed by atoms with Crippen molar-refractivity contribution in [2.24, 2.45) is 0 Å². The predicted octanol–water partition coefficient (Wildman–Crippen LogP) is 4.95. The maximum atomic E-state index is 5.56. The summed E-state index contributed by atoms with van der Waals surface area (Å²) in [4.78, 5) is 5.46. The van der Waals surface area contributed by atoms with E-state index in [0.717, 1.165) is 26.3 Å². The molecule has 3 aliphatic rings. The lowest BCUT2D eigenvalue weighted by Crippen LogP contribution is -2.44. The van der Waals surface area contributed by atoms with Gasteiger partial charge in [-0.15, -0.1) is 0 Å². The molecule has 0 bridgehead atoms. The molecule has 1 atom stereocenters. The van der Waals surface area contributed by atoms with E-state index in [-0.39, 0.29) is 0 Å². The zero-order chi connectivity index (χ0) is 16.6. The van der Waals surface area contributed by atoms with Crippen molar-refractivity contribution in [1.82, 2.24) is 4.90 Å². The van der Waals surface area contributed by atoms with Crippen LogP contribution in [0.3, 0.4) is 0 Å². The van der Waals surface area contributed by atoms with Crippen molar-refractivity contribution < 1.29 is 4.74 Å². The Kier molecular flexibility index (Phi) is 4.16. The van der Waals surface area contributed by atoms with E-state index in [1.165, 1.54) is 40.2 Å². The smallest absolute Gasteiger partial charge is 0.0594 e. The lowest BCUT2D eigenvalue weighted by molar-refractivity contribution is 0.0156. The number of rotatable bonds is 1. The highest BCUT2D eigenvalue weighted by atomic mass is 32.2. The van der Waals surface area contributed by atoms with Crippen LogP contribution in [0.25, 0.3) is 11.1 Å².